The molecule has 1 aromatic heterocycles. The largest absolute Gasteiger partial charge is 0.393 e. The fourth-order valence-electron chi connectivity index (χ4n) is 2.65. The van der Waals surface area contributed by atoms with Crippen molar-refractivity contribution in [3.63, 3.8) is 0 Å². The molecule has 1 heterocycles. The van der Waals surface area contributed by atoms with Gasteiger partial charge in [0.1, 0.15) is 5.82 Å². The normalized spacial score (nSPS) is 22.0. The molecule has 0 saturated heterocycles. The van der Waals surface area contributed by atoms with E-state index in [1.54, 1.807) is 12.4 Å². The van der Waals surface area contributed by atoms with E-state index < -0.39 is 0 Å². The van der Waals surface area contributed by atoms with E-state index in [1.807, 2.05) is 24.3 Å². The van der Waals surface area contributed by atoms with Crippen LogP contribution in [-0.2, 0) is 0 Å². The summed E-state index contributed by atoms with van der Waals surface area (Å²) in [6, 6.07) is 7.95. The topological polar surface area (TPSA) is 58.0 Å². The molecule has 0 spiro atoms. The highest BCUT2D eigenvalue weighted by atomic mass is 35.5. The van der Waals surface area contributed by atoms with Crippen LogP contribution in [0.3, 0.4) is 0 Å². The summed E-state index contributed by atoms with van der Waals surface area (Å²) in [4.78, 5) is 8.86. The molecule has 3 rings (SSSR count). The van der Waals surface area contributed by atoms with Gasteiger partial charge in [0, 0.05) is 16.6 Å². The number of aromatic nitrogens is 2. The van der Waals surface area contributed by atoms with Crippen LogP contribution in [0.25, 0.3) is 11.3 Å². The molecule has 1 fully saturated rings. The van der Waals surface area contributed by atoms with E-state index in [0.29, 0.717) is 11.1 Å². The zero-order valence-corrected chi connectivity index (χ0v) is 12.4. The van der Waals surface area contributed by atoms with Crippen LogP contribution in [0.15, 0.2) is 36.7 Å². The number of nitrogens with one attached hydrogen (secondary N) is 1. The monoisotopic (exact) mass is 303 g/mol. The Balaban J connectivity index is 1.74. The first-order valence-corrected chi connectivity index (χ1v) is 7.61. The number of nitrogens with zero attached hydrogens (tertiary/aromatic N) is 2. The number of aliphatic hydroxyl groups is 1. The maximum absolute atomic E-state index is 9.54. The van der Waals surface area contributed by atoms with Crippen LogP contribution in [0.2, 0.25) is 5.02 Å². The van der Waals surface area contributed by atoms with Gasteiger partial charge in [-0.3, -0.25) is 4.98 Å². The summed E-state index contributed by atoms with van der Waals surface area (Å²) in [6.45, 7) is 0. The van der Waals surface area contributed by atoms with Crippen molar-refractivity contribution in [3.8, 4) is 11.3 Å². The van der Waals surface area contributed by atoms with E-state index in [9.17, 15) is 5.11 Å². The van der Waals surface area contributed by atoms with Gasteiger partial charge in [-0.1, -0.05) is 23.7 Å². The molecule has 1 aliphatic carbocycles. The number of hydrogen-bond donors (Lipinski definition) is 2. The van der Waals surface area contributed by atoms with E-state index >= 15 is 0 Å². The Bertz CT molecular complexity index is 612. The fourth-order valence-corrected chi connectivity index (χ4v) is 2.84. The molecule has 1 aliphatic rings. The third-order valence-corrected chi connectivity index (χ3v) is 4.04. The quantitative estimate of drug-likeness (QED) is 0.911. The SMILES string of the molecule is OC1CCC(Nc2cncc(-c3cccc(Cl)c3)n2)CC1. The van der Waals surface area contributed by atoms with Gasteiger partial charge < -0.3 is 10.4 Å². The van der Waals surface area contributed by atoms with Gasteiger partial charge in [0.05, 0.1) is 24.2 Å². The van der Waals surface area contributed by atoms with Gasteiger partial charge in [-0.25, -0.2) is 4.98 Å². The Kier molecular flexibility index (Phi) is 4.36. The number of benzene rings is 1. The van der Waals surface area contributed by atoms with Crippen LogP contribution < -0.4 is 5.32 Å². The predicted molar refractivity (Wildman–Crippen MR) is 84.4 cm³/mol. The Labute approximate surface area is 129 Å². The molecule has 5 heteroatoms. The third kappa shape index (κ3) is 3.71. The minimum atomic E-state index is -0.146. The summed E-state index contributed by atoms with van der Waals surface area (Å²) in [6.07, 6.45) is 6.94. The Morgan fingerprint density at radius 1 is 1.14 bits per heavy atom. The minimum Gasteiger partial charge on any atom is -0.393 e. The van der Waals surface area contributed by atoms with Gasteiger partial charge in [0.15, 0.2) is 0 Å². The average Bonchev–Trinajstić information content (AvgIpc) is 2.50. The molecule has 0 atom stereocenters. The molecule has 2 aromatic rings. The number of hydrogen-bond acceptors (Lipinski definition) is 4. The second-order valence-electron chi connectivity index (χ2n) is 5.45. The van der Waals surface area contributed by atoms with Gasteiger partial charge in [0.2, 0.25) is 0 Å². The van der Waals surface area contributed by atoms with Gasteiger partial charge in [-0.2, -0.15) is 0 Å². The summed E-state index contributed by atoms with van der Waals surface area (Å²) in [5.41, 5.74) is 1.76. The first kappa shape index (κ1) is 14.3. The first-order chi connectivity index (χ1) is 10.2. The number of halogens is 1. The van der Waals surface area contributed by atoms with Crippen molar-refractivity contribution in [1.29, 1.82) is 0 Å². The summed E-state index contributed by atoms with van der Waals surface area (Å²) in [5.74, 6) is 0.772. The number of rotatable bonds is 3. The summed E-state index contributed by atoms with van der Waals surface area (Å²) >= 11 is 6.02. The Hall–Kier alpha value is -1.65. The van der Waals surface area contributed by atoms with Crippen molar-refractivity contribution in [2.75, 3.05) is 5.32 Å². The first-order valence-electron chi connectivity index (χ1n) is 7.23. The fraction of sp³-hybridized carbons (Fsp3) is 0.375. The van der Waals surface area contributed by atoms with Crippen molar-refractivity contribution in [2.24, 2.45) is 0 Å². The van der Waals surface area contributed by atoms with E-state index in [1.165, 1.54) is 0 Å². The minimum absolute atomic E-state index is 0.146. The summed E-state index contributed by atoms with van der Waals surface area (Å²) < 4.78 is 0. The van der Waals surface area contributed by atoms with Crippen LogP contribution in [0.5, 0.6) is 0 Å². The molecule has 0 radical (unpaired) electrons. The standard InChI is InChI=1S/C16H18ClN3O/c17-12-3-1-2-11(8-12)15-9-18-10-16(20-15)19-13-4-6-14(21)7-5-13/h1-3,8-10,13-14,21H,4-7H2,(H,19,20). The highest BCUT2D eigenvalue weighted by molar-refractivity contribution is 6.30. The zero-order chi connectivity index (χ0) is 14.7. The summed E-state index contributed by atoms with van der Waals surface area (Å²) in [7, 11) is 0. The van der Waals surface area contributed by atoms with Crippen molar-refractivity contribution >= 4 is 17.4 Å². The van der Waals surface area contributed by atoms with Crippen molar-refractivity contribution in [1.82, 2.24) is 9.97 Å². The van der Waals surface area contributed by atoms with Crippen LogP contribution in [-0.4, -0.2) is 27.2 Å². The molecular weight excluding hydrogens is 286 g/mol. The number of anilines is 1. The second kappa shape index (κ2) is 6.41. The maximum Gasteiger partial charge on any atom is 0.145 e. The van der Waals surface area contributed by atoms with Crippen LogP contribution in [0.1, 0.15) is 25.7 Å². The van der Waals surface area contributed by atoms with E-state index in [0.717, 1.165) is 42.8 Å². The molecular formula is C16H18ClN3O. The lowest BCUT2D eigenvalue weighted by atomic mass is 9.93. The predicted octanol–water partition coefficient (Wildman–Crippen LogP) is 3.51. The van der Waals surface area contributed by atoms with Gasteiger partial charge >= 0.3 is 0 Å². The molecule has 21 heavy (non-hydrogen) atoms. The lowest BCUT2D eigenvalue weighted by Gasteiger charge is -2.26. The van der Waals surface area contributed by atoms with Gasteiger partial charge in [0.25, 0.3) is 0 Å². The molecule has 0 amide bonds. The van der Waals surface area contributed by atoms with Crippen molar-refractivity contribution in [2.45, 2.75) is 37.8 Å². The van der Waals surface area contributed by atoms with E-state index in [-0.39, 0.29) is 6.10 Å². The van der Waals surface area contributed by atoms with Crippen LogP contribution in [0.4, 0.5) is 5.82 Å². The number of aliphatic hydroxyl groups excluding tert-OH is 1. The Morgan fingerprint density at radius 3 is 2.71 bits per heavy atom. The van der Waals surface area contributed by atoms with Gasteiger partial charge in [-0.05, 0) is 37.8 Å². The molecule has 2 N–H and O–H groups in total. The lowest BCUT2D eigenvalue weighted by Crippen LogP contribution is -2.28. The maximum atomic E-state index is 9.54. The lowest BCUT2D eigenvalue weighted by molar-refractivity contribution is 0.126. The van der Waals surface area contributed by atoms with Crippen molar-refractivity contribution in [3.05, 3.63) is 41.7 Å². The Morgan fingerprint density at radius 2 is 1.95 bits per heavy atom. The highest BCUT2D eigenvalue weighted by Gasteiger charge is 2.19. The van der Waals surface area contributed by atoms with E-state index in [4.69, 9.17) is 11.6 Å². The highest BCUT2D eigenvalue weighted by Crippen LogP contribution is 2.24. The zero-order valence-electron chi connectivity index (χ0n) is 11.7. The second-order valence-corrected chi connectivity index (χ2v) is 5.89. The average molecular weight is 304 g/mol. The van der Waals surface area contributed by atoms with Crippen molar-refractivity contribution < 1.29 is 5.11 Å². The summed E-state index contributed by atoms with van der Waals surface area (Å²) in [5, 5.41) is 13.6. The molecule has 1 saturated carbocycles. The van der Waals surface area contributed by atoms with Gasteiger partial charge in [-0.15, -0.1) is 0 Å². The molecule has 4 nitrogen and oxygen atoms in total. The molecule has 0 unspecified atom stereocenters. The molecule has 0 bridgehead atoms. The van der Waals surface area contributed by atoms with Crippen LogP contribution in [0, 0.1) is 0 Å². The molecule has 1 aromatic carbocycles. The molecule has 110 valence electrons. The smallest absolute Gasteiger partial charge is 0.145 e. The van der Waals surface area contributed by atoms with Crippen LogP contribution >= 0.6 is 11.6 Å². The van der Waals surface area contributed by atoms with E-state index in [2.05, 4.69) is 15.3 Å². The third-order valence-electron chi connectivity index (χ3n) is 3.80. The molecule has 0 aliphatic heterocycles.